The lowest BCUT2D eigenvalue weighted by atomic mass is 9.85. The van der Waals surface area contributed by atoms with Crippen molar-refractivity contribution in [2.75, 3.05) is 43.9 Å². The van der Waals surface area contributed by atoms with E-state index in [9.17, 15) is 5.26 Å². The van der Waals surface area contributed by atoms with Crippen LogP contribution in [-0.2, 0) is 18.0 Å². The third-order valence-electron chi connectivity index (χ3n) is 7.45. The smallest absolute Gasteiger partial charge is 0.226 e. The van der Waals surface area contributed by atoms with E-state index in [1.165, 1.54) is 6.08 Å². The summed E-state index contributed by atoms with van der Waals surface area (Å²) in [6, 6.07) is 2.14. The molecule has 0 bridgehead atoms. The first-order valence-electron chi connectivity index (χ1n) is 13.7. The van der Waals surface area contributed by atoms with E-state index >= 15 is 8.78 Å². The highest BCUT2D eigenvalue weighted by atomic mass is 32.1. The van der Waals surface area contributed by atoms with Crippen LogP contribution in [0.1, 0.15) is 73.7 Å². The number of nitrogens with zero attached hydrogens (tertiary/aromatic N) is 5. The Balaban J connectivity index is 0.00000181. The van der Waals surface area contributed by atoms with Gasteiger partial charge in [0, 0.05) is 48.9 Å². The first kappa shape index (κ1) is 29.6. The molecule has 7 nitrogen and oxygen atoms in total. The maximum absolute atomic E-state index is 16.8. The molecule has 2 aliphatic heterocycles. The summed E-state index contributed by atoms with van der Waals surface area (Å²) in [6.07, 6.45) is 3.57. The van der Waals surface area contributed by atoms with Gasteiger partial charge in [0.2, 0.25) is 5.95 Å². The summed E-state index contributed by atoms with van der Waals surface area (Å²) in [6.45, 7) is 13.1. The number of anilines is 2. The van der Waals surface area contributed by atoms with Crippen LogP contribution < -0.4 is 10.6 Å². The predicted octanol–water partition coefficient (Wildman–Crippen LogP) is 6.65. The number of piperazine rings is 1. The fourth-order valence-electron chi connectivity index (χ4n) is 5.15. The van der Waals surface area contributed by atoms with E-state index < -0.39 is 11.6 Å². The van der Waals surface area contributed by atoms with Gasteiger partial charge in [0.15, 0.2) is 5.82 Å². The standard InChI is InChI=1S/C28H30F2N6OS.C2H6/c1-5-15(3)21(23-16(11-31)27(32)38-26(23)20(29)6-2)22-19-14-37-13-18(19)17-12-33-28(34-25(17)24(22)30)36-9-7-35(4)8-10-36;1-2/h6,12H,5,7-10,13-14,32H2,1-4H3;1-2H3/b20-6+,21-15+;. The van der Waals surface area contributed by atoms with Crippen molar-refractivity contribution in [2.45, 2.75) is 54.3 Å². The van der Waals surface area contributed by atoms with E-state index in [0.29, 0.717) is 46.6 Å². The van der Waals surface area contributed by atoms with Gasteiger partial charge in [-0.1, -0.05) is 32.4 Å². The lowest BCUT2D eigenvalue weighted by Gasteiger charge is -2.32. The summed E-state index contributed by atoms with van der Waals surface area (Å²) in [5, 5.41) is 10.8. The summed E-state index contributed by atoms with van der Waals surface area (Å²) in [5.74, 6) is -0.552. The number of halogens is 2. The zero-order valence-electron chi connectivity index (χ0n) is 24.0. The number of rotatable bonds is 5. The van der Waals surface area contributed by atoms with Crippen LogP contribution in [0.4, 0.5) is 19.7 Å². The van der Waals surface area contributed by atoms with Crippen molar-refractivity contribution in [1.82, 2.24) is 14.9 Å². The number of fused-ring (bicyclic) bond motifs is 3. The molecule has 0 spiro atoms. The zero-order chi connectivity index (χ0) is 29.1. The maximum Gasteiger partial charge on any atom is 0.226 e. The van der Waals surface area contributed by atoms with Crippen molar-refractivity contribution in [1.29, 1.82) is 5.26 Å². The Bertz CT molecular complexity index is 1530. The van der Waals surface area contributed by atoms with Gasteiger partial charge in [0.05, 0.1) is 23.7 Å². The van der Waals surface area contributed by atoms with E-state index in [2.05, 4.69) is 27.9 Å². The Morgan fingerprint density at radius 2 is 1.88 bits per heavy atom. The van der Waals surface area contributed by atoms with Crippen molar-refractivity contribution < 1.29 is 13.5 Å². The van der Waals surface area contributed by atoms with Crippen molar-refractivity contribution in [3.05, 3.63) is 56.4 Å². The quantitative estimate of drug-likeness (QED) is 0.369. The van der Waals surface area contributed by atoms with Gasteiger partial charge in [-0.05, 0) is 44.0 Å². The van der Waals surface area contributed by atoms with Crippen LogP contribution in [0.15, 0.2) is 17.8 Å². The molecule has 2 N–H and O–H groups in total. The molecule has 1 saturated heterocycles. The number of allylic oxidation sites excluding steroid dienone is 2. The second kappa shape index (κ2) is 12.4. The number of likely N-dealkylation sites (N-methyl/N-ethyl adjacent to an activating group) is 1. The van der Waals surface area contributed by atoms with Gasteiger partial charge in [-0.2, -0.15) is 5.26 Å². The molecule has 5 rings (SSSR count). The second-order valence-corrected chi connectivity index (χ2v) is 10.7. The van der Waals surface area contributed by atoms with Crippen LogP contribution in [0.5, 0.6) is 0 Å². The molecule has 0 radical (unpaired) electrons. The van der Waals surface area contributed by atoms with Crippen molar-refractivity contribution in [3.63, 3.8) is 0 Å². The first-order chi connectivity index (χ1) is 19.3. The fraction of sp³-hybridized carbons (Fsp3) is 0.433. The van der Waals surface area contributed by atoms with E-state index in [4.69, 9.17) is 15.5 Å². The highest BCUT2D eigenvalue weighted by molar-refractivity contribution is 7.17. The monoisotopic (exact) mass is 566 g/mol. The van der Waals surface area contributed by atoms with Crippen LogP contribution in [0, 0.1) is 17.1 Å². The molecule has 10 heteroatoms. The van der Waals surface area contributed by atoms with Crippen LogP contribution in [0.3, 0.4) is 0 Å². The summed E-state index contributed by atoms with van der Waals surface area (Å²) in [4.78, 5) is 13.8. The molecule has 1 fully saturated rings. The van der Waals surface area contributed by atoms with Gasteiger partial charge in [-0.3, -0.25) is 0 Å². The summed E-state index contributed by atoms with van der Waals surface area (Å²) >= 11 is 1.00. The van der Waals surface area contributed by atoms with Crippen molar-refractivity contribution in [2.24, 2.45) is 0 Å². The van der Waals surface area contributed by atoms with Crippen LogP contribution >= 0.6 is 11.3 Å². The summed E-state index contributed by atoms with van der Waals surface area (Å²) < 4.78 is 37.7. The predicted molar refractivity (Wildman–Crippen MR) is 159 cm³/mol. The molecule has 0 unspecified atom stereocenters. The van der Waals surface area contributed by atoms with E-state index in [-0.39, 0.29) is 27.6 Å². The number of nitriles is 1. The van der Waals surface area contributed by atoms with Gasteiger partial charge in [0.1, 0.15) is 22.4 Å². The van der Waals surface area contributed by atoms with Gasteiger partial charge in [0.25, 0.3) is 0 Å². The Hall–Kier alpha value is -3.39. The lowest BCUT2D eigenvalue weighted by Crippen LogP contribution is -2.45. The zero-order valence-corrected chi connectivity index (χ0v) is 24.8. The number of aromatic nitrogens is 2. The molecule has 3 aromatic rings. The highest BCUT2D eigenvalue weighted by Crippen LogP contribution is 2.47. The molecule has 0 aliphatic carbocycles. The van der Waals surface area contributed by atoms with Gasteiger partial charge < -0.3 is 20.3 Å². The minimum absolute atomic E-state index is 0.151. The van der Waals surface area contributed by atoms with Gasteiger partial charge in [-0.15, -0.1) is 11.3 Å². The average Bonchev–Trinajstić information content (AvgIpc) is 3.60. The number of hydrogen-bond acceptors (Lipinski definition) is 8. The molecule has 2 aliphatic rings. The van der Waals surface area contributed by atoms with Crippen molar-refractivity contribution in [3.8, 4) is 6.07 Å². The van der Waals surface area contributed by atoms with E-state index in [0.717, 1.165) is 48.7 Å². The minimum Gasteiger partial charge on any atom is -0.389 e. The first-order valence-corrected chi connectivity index (χ1v) is 14.5. The third kappa shape index (κ3) is 5.09. The Labute approximate surface area is 238 Å². The number of hydrogen-bond donors (Lipinski definition) is 1. The Morgan fingerprint density at radius 3 is 2.50 bits per heavy atom. The molecular formula is C30H36F2N6OS. The van der Waals surface area contributed by atoms with Crippen molar-refractivity contribution >= 4 is 44.6 Å². The van der Waals surface area contributed by atoms with E-state index in [1.54, 1.807) is 13.1 Å². The SMILES string of the molecule is C/C=C(/F)c1sc(N)c(C#N)c1/C(=C(\C)CC)c1c2c(c3cnc(N4CCN(C)CC4)nc3c1F)COC2.CC. The largest absolute Gasteiger partial charge is 0.389 e. The van der Waals surface area contributed by atoms with Gasteiger partial charge in [-0.25, -0.2) is 18.7 Å². The van der Waals surface area contributed by atoms with Crippen LogP contribution in [-0.4, -0.2) is 48.1 Å². The van der Waals surface area contributed by atoms with Crippen LogP contribution in [0.2, 0.25) is 0 Å². The molecule has 0 amide bonds. The highest BCUT2D eigenvalue weighted by Gasteiger charge is 2.32. The number of benzene rings is 1. The molecule has 212 valence electrons. The summed E-state index contributed by atoms with van der Waals surface area (Å²) in [5.41, 5.74) is 9.94. The number of ether oxygens (including phenoxy) is 1. The number of nitrogens with two attached hydrogens (primary N) is 1. The normalized spacial score (nSPS) is 16.4. The number of thiophene rings is 1. The fourth-order valence-corrected chi connectivity index (χ4v) is 6.14. The lowest BCUT2D eigenvalue weighted by molar-refractivity contribution is 0.134. The second-order valence-electron chi connectivity index (χ2n) is 9.66. The summed E-state index contributed by atoms with van der Waals surface area (Å²) in [7, 11) is 2.06. The van der Waals surface area contributed by atoms with E-state index in [1.807, 2.05) is 27.7 Å². The Kier molecular flexibility index (Phi) is 9.19. The minimum atomic E-state index is -0.523. The topological polar surface area (TPSA) is 91.3 Å². The molecule has 1 aromatic carbocycles. The molecule has 0 atom stereocenters. The number of nitrogen functional groups attached to an aromatic ring is 1. The third-order valence-corrected chi connectivity index (χ3v) is 8.48. The molecule has 2 aromatic heterocycles. The maximum atomic E-state index is 16.8. The molecule has 4 heterocycles. The molecule has 40 heavy (non-hydrogen) atoms. The Morgan fingerprint density at radius 1 is 1.20 bits per heavy atom. The molecular weight excluding hydrogens is 530 g/mol. The average molecular weight is 567 g/mol. The van der Waals surface area contributed by atoms with Gasteiger partial charge >= 0.3 is 0 Å². The molecule has 0 saturated carbocycles. The van der Waals surface area contributed by atoms with Crippen LogP contribution in [0.25, 0.3) is 22.3 Å².